The molecule has 0 spiro atoms. The summed E-state index contributed by atoms with van der Waals surface area (Å²) in [5, 5.41) is 5.94. The van der Waals surface area contributed by atoms with Crippen molar-refractivity contribution in [2.45, 2.75) is 51.9 Å². The van der Waals surface area contributed by atoms with E-state index >= 15 is 0 Å². The standard InChI is InChI=1S/C26H28N4O2/c1-18-7-9-20(10-8-18)16-25(31)29-26-23(15-19-5-3-2-4-6-19)28-24(17-27-26)21-11-13-22(30-32)14-12-21/h7-14,17,19H,2-6,15-16H2,1H3,(H,27,29,31). The lowest BCUT2D eigenvalue weighted by atomic mass is 9.86. The average molecular weight is 429 g/mol. The van der Waals surface area contributed by atoms with Crippen LogP contribution in [0.25, 0.3) is 11.3 Å². The highest BCUT2D eigenvalue weighted by Gasteiger charge is 2.19. The molecule has 0 unspecified atom stereocenters. The number of carbonyl (C=O) groups is 1. The first-order chi connectivity index (χ1) is 15.6. The van der Waals surface area contributed by atoms with Crippen molar-refractivity contribution in [3.63, 3.8) is 0 Å². The van der Waals surface area contributed by atoms with E-state index in [1.54, 1.807) is 18.3 Å². The second kappa shape index (κ2) is 10.3. The van der Waals surface area contributed by atoms with Crippen molar-refractivity contribution in [1.82, 2.24) is 9.97 Å². The number of aromatic nitrogens is 2. The Kier molecular flexibility index (Phi) is 7.00. The molecular weight excluding hydrogens is 400 g/mol. The highest BCUT2D eigenvalue weighted by molar-refractivity contribution is 5.92. The van der Waals surface area contributed by atoms with Crippen LogP contribution in [-0.2, 0) is 17.6 Å². The fraction of sp³-hybridized carbons (Fsp3) is 0.346. The molecule has 1 saturated carbocycles. The van der Waals surface area contributed by atoms with Crippen LogP contribution in [0.5, 0.6) is 0 Å². The zero-order valence-electron chi connectivity index (χ0n) is 18.4. The Balaban J connectivity index is 1.56. The summed E-state index contributed by atoms with van der Waals surface area (Å²) in [5.74, 6) is 1.01. The van der Waals surface area contributed by atoms with Gasteiger partial charge in [0.1, 0.15) is 5.69 Å². The molecule has 164 valence electrons. The van der Waals surface area contributed by atoms with Gasteiger partial charge in [0.15, 0.2) is 5.82 Å². The van der Waals surface area contributed by atoms with Crippen LogP contribution in [0.15, 0.2) is 59.9 Å². The fourth-order valence-electron chi connectivity index (χ4n) is 4.24. The van der Waals surface area contributed by atoms with E-state index in [2.05, 4.69) is 15.5 Å². The van der Waals surface area contributed by atoms with Gasteiger partial charge in [-0.05, 0) is 42.1 Å². The van der Waals surface area contributed by atoms with E-state index in [0.29, 0.717) is 23.8 Å². The van der Waals surface area contributed by atoms with E-state index in [0.717, 1.165) is 28.9 Å². The van der Waals surface area contributed by atoms with Gasteiger partial charge in [-0.1, -0.05) is 74.1 Å². The molecule has 3 aromatic rings. The van der Waals surface area contributed by atoms with E-state index in [4.69, 9.17) is 4.98 Å². The summed E-state index contributed by atoms with van der Waals surface area (Å²) in [6, 6.07) is 15.0. The number of nitroso groups, excluding NO2 is 1. The Morgan fingerprint density at radius 1 is 1.03 bits per heavy atom. The van der Waals surface area contributed by atoms with Crippen molar-refractivity contribution in [3.8, 4) is 11.3 Å². The van der Waals surface area contributed by atoms with E-state index < -0.39 is 0 Å². The Hall–Kier alpha value is -3.41. The molecule has 1 amide bonds. The molecule has 6 heteroatoms. The monoisotopic (exact) mass is 428 g/mol. The van der Waals surface area contributed by atoms with Crippen LogP contribution in [0, 0.1) is 17.7 Å². The van der Waals surface area contributed by atoms with Crippen molar-refractivity contribution in [1.29, 1.82) is 0 Å². The number of amides is 1. The van der Waals surface area contributed by atoms with Crippen molar-refractivity contribution in [2.24, 2.45) is 11.1 Å². The maximum atomic E-state index is 12.7. The summed E-state index contributed by atoms with van der Waals surface area (Å²) >= 11 is 0. The SMILES string of the molecule is Cc1ccc(CC(=O)Nc2ncc(-c3ccc(N=O)cc3)nc2CC2CCCCC2)cc1. The predicted octanol–water partition coefficient (Wildman–Crippen LogP) is 6.15. The van der Waals surface area contributed by atoms with Gasteiger partial charge >= 0.3 is 0 Å². The molecule has 0 saturated heterocycles. The largest absolute Gasteiger partial charge is 0.309 e. The third-order valence-electron chi connectivity index (χ3n) is 6.06. The maximum absolute atomic E-state index is 12.7. The number of rotatable bonds is 7. The number of carbonyl (C=O) groups excluding carboxylic acids is 1. The molecule has 32 heavy (non-hydrogen) atoms. The minimum absolute atomic E-state index is 0.0952. The number of nitrogens with zero attached hydrogens (tertiary/aromatic N) is 3. The van der Waals surface area contributed by atoms with Crippen LogP contribution in [0.3, 0.4) is 0 Å². The molecular formula is C26H28N4O2. The summed E-state index contributed by atoms with van der Waals surface area (Å²) in [4.78, 5) is 32.9. The summed E-state index contributed by atoms with van der Waals surface area (Å²) in [5.41, 5.74) is 4.93. The molecule has 1 N–H and O–H groups in total. The smallest absolute Gasteiger partial charge is 0.229 e. The summed E-state index contributed by atoms with van der Waals surface area (Å²) < 4.78 is 0. The second-order valence-corrected chi connectivity index (χ2v) is 8.61. The quantitative estimate of drug-likeness (QED) is 0.457. The Morgan fingerprint density at radius 2 is 1.75 bits per heavy atom. The van der Waals surface area contributed by atoms with Crippen molar-refractivity contribution in [3.05, 3.63) is 76.5 Å². The zero-order valence-corrected chi connectivity index (χ0v) is 18.4. The van der Waals surface area contributed by atoms with Crippen LogP contribution in [0.2, 0.25) is 0 Å². The minimum atomic E-state index is -0.0952. The number of anilines is 1. The van der Waals surface area contributed by atoms with Gasteiger partial charge in [-0.3, -0.25) is 4.79 Å². The van der Waals surface area contributed by atoms with Crippen LogP contribution >= 0.6 is 0 Å². The van der Waals surface area contributed by atoms with Gasteiger partial charge in [0.25, 0.3) is 0 Å². The van der Waals surface area contributed by atoms with Crippen molar-refractivity contribution >= 4 is 17.4 Å². The third-order valence-corrected chi connectivity index (χ3v) is 6.06. The van der Waals surface area contributed by atoms with E-state index in [9.17, 15) is 9.70 Å². The number of aryl methyl sites for hydroxylation is 1. The summed E-state index contributed by atoms with van der Waals surface area (Å²) in [6.07, 6.45) is 8.92. The summed E-state index contributed by atoms with van der Waals surface area (Å²) in [6.45, 7) is 2.03. The molecule has 1 aromatic heterocycles. The predicted molar refractivity (Wildman–Crippen MR) is 127 cm³/mol. The van der Waals surface area contributed by atoms with Gasteiger partial charge in [-0.25, -0.2) is 9.97 Å². The number of nitrogens with one attached hydrogen (secondary N) is 1. The molecule has 2 aromatic carbocycles. The van der Waals surface area contributed by atoms with Gasteiger partial charge in [-0.2, -0.15) is 0 Å². The normalized spacial score (nSPS) is 14.2. The lowest BCUT2D eigenvalue weighted by molar-refractivity contribution is -0.115. The summed E-state index contributed by atoms with van der Waals surface area (Å²) in [7, 11) is 0. The number of benzene rings is 2. The van der Waals surface area contributed by atoms with Crippen LogP contribution < -0.4 is 5.32 Å². The van der Waals surface area contributed by atoms with Gasteiger partial charge in [-0.15, -0.1) is 4.91 Å². The number of hydrogen-bond donors (Lipinski definition) is 1. The molecule has 0 atom stereocenters. The second-order valence-electron chi connectivity index (χ2n) is 8.61. The average Bonchev–Trinajstić information content (AvgIpc) is 2.82. The lowest BCUT2D eigenvalue weighted by Gasteiger charge is -2.22. The molecule has 1 heterocycles. The Labute approximate surface area is 188 Å². The van der Waals surface area contributed by atoms with Gasteiger partial charge in [0.2, 0.25) is 5.91 Å². The number of hydrogen-bond acceptors (Lipinski definition) is 5. The van der Waals surface area contributed by atoms with E-state index in [-0.39, 0.29) is 5.91 Å². The van der Waals surface area contributed by atoms with Crippen molar-refractivity contribution in [2.75, 3.05) is 5.32 Å². The van der Waals surface area contributed by atoms with Gasteiger partial charge < -0.3 is 5.32 Å². The molecule has 1 aliphatic rings. The van der Waals surface area contributed by atoms with Gasteiger partial charge in [0, 0.05) is 5.56 Å². The molecule has 1 aliphatic carbocycles. The Morgan fingerprint density at radius 3 is 2.44 bits per heavy atom. The molecule has 0 aliphatic heterocycles. The first-order valence-electron chi connectivity index (χ1n) is 11.3. The fourth-order valence-corrected chi connectivity index (χ4v) is 4.24. The molecule has 0 bridgehead atoms. The van der Waals surface area contributed by atoms with Crippen LogP contribution in [0.4, 0.5) is 11.5 Å². The van der Waals surface area contributed by atoms with Crippen LogP contribution in [0.1, 0.15) is 48.9 Å². The van der Waals surface area contributed by atoms with E-state index in [1.165, 1.54) is 37.7 Å². The van der Waals surface area contributed by atoms with Crippen molar-refractivity contribution < 1.29 is 4.79 Å². The maximum Gasteiger partial charge on any atom is 0.229 e. The van der Waals surface area contributed by atoms with Crippen LogP contribution in [-0.4, -0.2) is 15.9 Å². The van der Waals surface area contributed by atoms with E-state index in [1.807, 2.05) is 43.3 Å². The minimum Gasteiger partial charge on any atom is -0.309 e. The molecule has 4 rings (SSSR count). The Bertz CT molecular complexity index is 1070. The highest BCUT2D eigenvalue weighted by Crippen LogP contribution is 2.29. The van der Waals surface area contributed by atoms with Gasteiger partial charge in [0.05, 0.1) is 24.0 Å². The highest BCUT2D eigenvalue weighted by atomic mass is 16.3. The lowest BCUT2D eigenvalue weighted by Crippen LogP contribution is -2.19. The first-order valence-corrected chi connectivity index (χ1v) is 11.3. The first kappa shape index (κ1) is 21.8. The zero-order chi connectivity index (χ0) is 22.3. The molecule has 1 fully saturated rings. The molecule has 0 radical (unpaired) electrons. The topological polar surface area (TPSA) is 84.3 Å². The third kappa shape index (κ3) is 5.63. The molecule has 6 nitrogen and oxygen atoms in total.